The van der Waals surface area contributed by atoms with Crippen molar-refractivity contribution in [3.63, 3.8) is 0 Å². The molecule has 1 heterocycles. The van der Waals surface area contributed by atoms with Crippen LogP contribution >= 0.6 is 0 Å². The smallest absolute Gasteiger partial charge is 0.214 e. The molecule has 1 fully saturated rings. The monoisotopic (exact) mass is 273 g/mol. The number of ether oxygens (including phenoxy) is 1. The molecule has 1 aliphatic heterocycles. The summed E-state index contributed by atoms with van der Waals surface area (Å²) in [5, 5.41) is 0. The number of hydrogen-bond donors (Lipinski definition) is 0. The zero-order valence-corrected chi connectivity index (χ0v) is 10.8. The lowest BCUT2D eigenvalue weighted by atomic mass is 10.3. The third kappa shape index (κ3) is 3.20. The highest BCUT2D eigenvalue weighted by atomic mass is 32.2. The molecule has 0 saturated carbocycles. The summed E-state index contributed by atoms with van der Waals surface area (Å²) < 4.78 is 43.3. The lowest BCUT2D eigenvalue weighted by Gasteiger charge is -2.26. The minimum Gasteiger partial charge on any atom is -0.489 e. The summed E-state index contributed by atoms with van der Waals surface area (Å²) in [7, 11) is -3.13. The lowest BCUT2D eigenvalue weighted by Crippen LogP contribution is -2.40. The molecule has 0 aliphatic carbocycles. The van der Waals surface area contributed by atoms with Crippen molar-refractivity contribution in [1.82, 2.24) is 4.31 Å². The number of nitrogens with zero attached hydrogens (tertiary/aromatic N) is 1. The van der Waals surface area contributed by atoms with E-state index in [-0.39, 0.29) is 24.7 Å². The minimum atomic E-state index is -3.13. The first-order valence-corrected chi connectivity index (χ1v) is 7.56. The molecule has 2 rings (SSSR count). The van der Waals surface area contributed by atoms with Crippen molar-refractivity contribution in [2.24, 2.45) is 0 Å². The molecule has 0 amide bonds. The first-order chi connectivity index (χ1) is 8.59. The number of para-hydroxylation sites is 1. The van der Waals surface area contributed by atoms with Crippen LogP contribution in [0.3, 0.4) is 0 Å². The molecule has 0 radical (unpaired) electrons. The summed E-state index contributed by atoms with van der Waals surface area (Å²) in [6.07, 6.45) is 1.59. The normalized spacial score (nSPS) is 19.6. The molecule has 18 heavy (non-hydrogen) atoms. The largest absolute Gasteiger partial charge is 0.489 e. The molecule has 0 aromatic heterocycles. The Morgan fingerprint density at radius 2 is 2.06 bits per heavy atom. The molecule has 0 unspecified atom stereocenters. The van der Waals surface area contributed by atoms with E-state index in [1.54, 1.807) is 12.1 Å². The molecule has 6 heteroatoms. The molecular formula is C12H16FNO3S. The molecular weight excluding hydrogens is 257 g/mol. The van der Waals surface area contributed by atoms with Crippen LogP contribution in [0.25, 0.3) is 0 Å². The maximum Gasteiger partial charge on any atom is 0.214 e. The zero-order valence-electron chi connectivity index (χ0n) is 10.0. The van der Waals surface area contributed by atoms with E-state index in [0.717, 1.165) is 6.42 Å². The summed E-state index contributed by atoms with van der Waals surface area (Å²) in [5.41, 5.74) is 0. The Morgan fingerprint density at radius 3 is 2.78 bits per heavy atom. The van der Waals surface area contributed by atoms with Crippen molar-refractivity contribution in [1.29, 1.82) is 0 Å². The maximum atomic E-state index is 13.3. The van der Waals surface area contributed by atoms with E-state index in [9.17, 15) is 12.8 Å². The lowest BCUT2D eigenvalue weighted by molar-refractivity contribution is 0.257. The summed E-state index contributed by atoms with van der Waals surface area (Å²) in [4.78, 5) is 0. The van der Waals surface area contributed by atoms with E-state index in [4.69, 9.17) is 4.74 Å². The fourth-order valence-electron chi connectivity index (χ4n) is 1.91. The Bertz CT molecular complexity index is 504. The Morgan fingerprint density at radius 1 is 1.28 bits per heavy atom. The van der Waals surface area contributed by atoms with E-state index in [1.807, 2.05) is 0 Å². The molecule has 0 N–H and O–H groups in total. The van der Waals surface area contributed by atoms with Gasteiger partial charge in [0.1, 0.15) is 6.61 Å². The van der Waals surface area contributed by atoms with E-state index in [0.29, 0.717) is 13.0 Å². The molecule has 1 saturated heterocycles. The highest BCUT2D eigenvalue weighted by Crippen LogP contribution is 2.16. The van der Waals surface area contributed by atoms with Crippen molar-refractivity contribution in [2.75, 3.05) is 25.4 Å². The van der Waals surface area contributed by atoms with E-state index >= 15 is 0 Å². The number of rotatable bonds is 4. The fraction of sp³-hybridized carbons (Fsp3) is 0.500. The van der Waals surface area contributed by atoms with Crippen molar-refractivity contribution in [2.45, 2.75) is 12.8 Å². The first-order valence-electron chi connectivity index (χ1n) is 5.95. The van der Waals surface area contributed by atoms with Gasteiger partial charge >= 0.3 is 0 Å². The van der Waals surface area contributed by atoms with Gasteiger partial charge < -0.3 is 4.74 Å². The summed E-state index contributed by atoms with van der Waals surface area (Å²) >= 11 is 0. The molecule has 1 aromatic rings. The quantitative estimate of drug-likeness (QED) is 0.837. The van der Waals surface area contributed by atoms with Crippen LogP contribution < -0.4 is 4.74 Å². The number of sulfonamides is 1. The standard InChI is InChI=1S/C12H16FNO3S/c13-11-5-1-2-6-12(11)17-9-8-14-7-3-4-10-18(14,15)16/h1-2,5-6H,3-4,7-10H2. The van der Waals surface area contributed by atoms with Gasteiger partial charge in [-0.15, -0.1) is 0 Å². The van der Waals surface area contributed by atoms with Crippen LogP contribution in [-0.2, 0) is 10.0 Å². The van der Waals surface area contributed by atoms with Crippen LogP contribution in [0.15, 0.2) is 24.3 Å². The van der Waals surface area contributed by atoms with Crippen LogP contribution in [0.5, 0.6) is 5.75 Å². The summed E-state index contributed by atoms with van der Waals surface area (Å²) in [6.45, 7) is 0.972. The molecule has 0 spiro atoms. The first kappa shape index (κ1) is 13.3. The molecule has 100 valence electrons. The van der Waals surface area contributed by atoms with Gasteiger partial charge in [-0.05, 0) is 25.0 Å². The fourth-order valence-corrected chi connectivity index (χ4v) is 3.50. The second kappa shape index (κ2) is 5.67. The van der Waals surface area contributed by atoms with Gasteiger partial charge in [-0.3, -0.25) is 0 Å². The van der Waals surface area contributed by atoms with Gasteiger partial charge in [0.25, 0.3) is 0 Å². The Labute approximate surface area is 106 Å². The van der Waals surface area contributed by atoms with Crippen LogP contribution in [0.1, 0.15) is 12.8 Å². The van der Waals surface area contributed by atoms with E-state index < -0.39 is 15.8 Å². The predicted molar refractivity (Wildman–Crippen MR) is 66.5 cm³/mol. The third-order valence-electron chi connectivity index (χ3n) is 2.89. The van der Waals surface area contributed by atoms with Crippen LogP contribution in [0, 0.1) is 5.82 Å². The second-order valence-corrected chi connectivity index (χ2v) is 6.29. The van der Waals surface area contributed by atoms with E-state index in [2.05, 4.69) is 0 Å². The molecule has 4 nitrogen and oxygen atoms in total. The highest BCUT2D eigenvalue weighted by Gasteiger charge is 2.25. The minimum absolute atomic E-state index is 0.159. The summed E-state index contributed by atoms with van der Waals surface area (Å²) in [5.74, 6) is -0.0712. The van der Waals surface area contributed by atoms with Gasteiger partial charge in [0.2, 0.25) is 10.0 Å². The van der Waals surface area contributed by atoms with Crippen LogP contribution in [0.4, 0.5) is 4.39 Å². The Balaban J connectivity index is 1.87. The predicted octanol–water partition coefficient (Wildman–Crippen LogP) is 1.63. The van der Waals surface area contributed by atoms with Crippen LogP contribution in [0.2, 0.25) is 0 Å². The van der Waals surface area contributed by atoms with Gasteiger partial charge in [-0.2, -0.15) is 4.31 Å². The van der Waals surface area contributed by atoms with Gasteiger partial charge in [0.05, 0.1) is 5.75 Å². The third-order valence-corrected chi connectivity index (χ3v) is 4.84. The number of hydrogen-bond acceptors (Lipinski definition) is 3. The van der Waals surface area contributed by atoms with E-state index in [1.165, 1.54) is 16.4 Å². The zero-order chi connectivity index (χ0) is 13.0. The highest BCUT2D eigenvalue weighted by molar-refractivity contribution is 7.89. The average molecular weight is 273 g/mol. The number of benzene rings is 1. The summed E-state index contributed by atoms with van der Waals surface area (Å²) in [6, 6.07) is 6.10. The van der Waals surface area contributed by atoms with Gasteiger partial charge in [-0.25, -0.2) is 12.8 Å². The van der Waals surface area contributed by atoms with Crippen molar-refractivity contribution in [3.8, 4) is 5.75 Å². The Kier molecular flexibility index (Phi) is 4.19. The van der Waals surface area contributed by atoms with Gasteiger partial charge in [-0.1, -0.05) is 12.1 Å². The molecule has 0 atom stereocenters. The molecule has 0 bridgehead atoms. The van der Waals surface area contributed by atoms with Crippen molar-refractivity contribution >= 4 is 10.0 Å². The maximum absolute atomic E-state index is 13.3. The van der Waals surface area contributed by atoms with Crippen molar-refractivity contribution < 1.29 is 17.5 Å². The van der Waals surface area contributed by atoms with Crippen molar-refractivity contribution in [3.05, 3.63) is 30.1 Å². The average Bonchev–Trinajstić information content (AvgIpc) is 2.33. The molecule has 1 aliphatic rings. The van der Waals surface area contributed by atoms with Gasteiger partial charge in [0, 0.05) is 13.1 Å². The second-order valence-electron chi connectivity index (χ2n) is 4.20. The topological polar surface area (TPSA) is 46.6 Å². The SMILES string of the molecule is O=S1(=O)CCCCN1CCOc1ccccc1F. The van der Waals surface area contributed by atoms with Gasteiger partial charge in [0.15, 0.2) is 11.6 Å². The molecule has 1 aromatic carbocycles. The Hall–Kier alpha value is -1.14. The number of halogens is 1. The van der Waals surface area contributed by atoms with Crippen LogP contribution in [-0.4, -0.2) is 38.2 Å².